The van der Waals surface area contributed by atoms with Gasteiger partial charge in [0.15, 0.2) is 0 Å². The zero-order chi connectivity index (χ0) is 26.0. The molecule has 1 saturated carbocycles. The Morgan fingerprint density at radius 1 is 1.00 bits per heavy atom. The van der Waals surface area contributed by atoms with Crippen LogP contribution in [0.4, 0.5) is 0 Å². The van der Waals surface area contributed by atoms with E-state index >= 15 is 0 Å². The molecule has 6 heteroatoms. The molecule has 0 radical (unpaired) electrons. The molecule has 35 heavy (non-hydrogen) atoms. The molecule has 186 valence electrons. The van der Waals surface area contributed by atoms with Crippen molar-refractivity contribution in [3.63, 3.8) is 0 Å². The van der Waals surface area contributed by atoms with Gasteiger partial charge in [0.2, 0.25) is 0 Å². The third-order valence-electron chi connectivity index (χ3n) is 8.90. The second-order valence-corrected chi connectivity index (χ2v) is 11.7. The zero-order valence-corrected chi connectivity index (χ0v) is 22.4. The quantitative estimate of drug-likeness (QED) is 0.328. The van der Waals surface area contributed by atoms with Gasteiger partial charge in [0.1, 0.15) is 0 Å². The molecule has 5 nitrogen and oxygen atoms in total. The molecule has 4 rings (SSSR count). The van der Waals surface area contributed by atoms with Crippen LogP contribution >= 0.6 is 0 Å². The van der Waals surface area contributed by atoms with Gasteiger partial charge < -0.3 is 9.31 Å². The standard InChI is InChI=1S/C29H38BNO4/c1-10-12-23-20(5)24(32)31(25(23)33)29(17-28(11-2,18-29)19(3)4)21-13-15-22(16-14-21)30-34-26(6,7)27(8,9)35-30/h10-16,19H,2,17-18H2,1,3-9H3. The van der Waals surface area contributed by atoms with Gasteiger partial charge in [-0.05, 0) is 76.7 Å². The molecule has 3 aliphatic rings. The first kappa shape index (κ1) is 25.7. The van der Waals surface area contributed by atoms with Crippen LogP contribution in [0.3, 0.4) is 0 Å². The Labute approximate surface area is 210 Å². The van der Waals surface area contributed by atoms with E-state index in [1.165, 1.54) is 4.90 Å². The maximum atomic E-state index is 13.5. The lowest BCUT2D eigenvalue weighted by Crippen LogP contribution is -2.62. The van der Waals surface area contributed by atoms with Crippen molar-refractivity contribution < 1.29 is 18.9 Å². The SMILES string of the molecule is C=CC1(C(C)C)CC(c2ccc(B3OC(C)(C)C(C)(C)O3)cc2)(N2C(=O)C(C)=C(C=CC)C2=O)C1. The Kier molecular flexibility index (Phi) is 6.09. The zero-order valence-electron chi connectivity index (χ0n) is 22.4. The lowest BCUT2D eigenvalue weighted by molar-refractivity contribution is -0.159. The van der Waals surface area contributed by atoms with Crippen LogP contribution in [-0.4, -0.2) is 35.0 Å². The third-order valence-corrected chi connectivity index (χ3v) is 8.90. The molecule has 0 atom stereocenters. The number of imide groups is 1. The van der Waals surface area contributed by atoms with Crippen molar-refractivity contribution in [2.45, 2.75) is 85.0 Å². The van der Waals surface area contributed by atoms with Gasteiger partial charge in [0.05, 0.1) is 16.7 Å². The molecular weight excluding hydrogens is 437 g/mol. The minimum atomic E-state index is -0.717. The van der Waals surface area contributed by atoms with Crippen molar-refractivity contribution in [1.82, 2.24) is 4.90 Å². The molecule has 1 aliphatic carbocycles. The van der Waals surface area contributed by atoms with Crippen LogP contribution in [0.5, 0.6) is 0 Å². The molecule has 2 fully saturated rings. The van der Waals surface area contributed by atoms with E-state index in [4.69, 9.17) is 9.31 Å². The Hall–Kier alpha value is -2.44. The number of carbonyl (C=O) groups excluding carboxylic acids is 2. The summed E-state index contributed by atoms with van der Waals surface area (Å²) in [6.45, 7) is 20.2. The minimum absolute atomic E-state index is 0.137. The van der Waals surface area contributed by atoms with Crippen molar-refractivity contribution in [1.29, 1.82) is 0 Å². The molecule has 2 aliphatic heterocycles. The van der Waals surface area contributed by atoms with E-state index < -0.39 is 23.9 Å². The summed E-state index contributed by atoms with van der Waals surface area (Å²) in [5.41, 5.74) is 1.15. The van der Waals surface area contributed by atoms with Crippen LogP contribution in [0.25, 0.3) is 0 Å². The highest BCUT2D eigenvalue weighted by Crippen LogP contribution is 2.62. The molecule has 0 aromatic heterocycles. The van der Waals surface area contributed by atoms with E-state index in [0.29, 0.717) is 29.9 Å². The van der Waals surface area contributed by atoms with E-state index in [1.54, 1.807) is 13.0 Å². The summed E-state index contributed by atoms with van der Waals surface area (Å²) in [7, 11) is -0.463. The molecule has 2 heterocycles. The first-order valence-corrected chi connectivity index (χ1v) is 12.6. The lowest BCUT2D eigenvalue weighted by atomic mass is 9.50. The van der Waals surface area contributed by atoms with E-state index in [0.717, 1.165) is 11.0 Å². The van der Waals surface area contributed by atoms with E-state index in [-0.39, 0.29) is 17.2 Å². The van der Waals surface area contributed by atoms with E-state index in [2.05, 4.69) is 20.4 Å². The van der Waals surface area contributed by atoms with Crippen LogP contribution < -0.4 is 5.46 Å². The predicted octanol–water partition coefficient (Wildman–Crippen LogP) is 5.06. The highest BCUT2D eigenvalue weighted by atomic mass is 16.7. The van der Waals surface area contributed by atoms with Gasteiger partial charge in [-0.25, -0.2) is 0 Å². The highest BCUT2D eigenvalue weighted by Gasteiger charge is 2.62. The first-order chi connectivity index (χ1) is 16.2. The second-order valence-electron chi connectivity index (χ2n) is 11.7. The van der Waals surface area contributed by atoms with Crippen molar-refractivity contribution >= 4 is 24.4 Å². The maximum Gasteiger partial charge on any atom is 0.494 e. The van der Waals surface area contributed by atoms with Crippen LogP contribution in [0.2, 0.25) is 0 Å². The normalized spacial score (nSPS) is 30.1. The molecule has 0 bridgehead atoms. The Balaban J connectivity index is 1.73. The molecule has 0 unspecified atom stereocenters. The monoisotopic (exact) mass is 475 g/mol. The maximum absolute atomic E-state index is 13.5. The number of rotatable bonds is 6. The van der Waals surface area contributed by atoms with Gasteiger partial charge in [-0.3, -0.25) is 14.5 Å². The molecule has 1 aromatic rings. The molecule has 2 amide bonds. The fourth-order valence-electron chi connectivity index (χ4n) is 5.65. The van der Waals surface area contributed by atoms with Crippen LogP contribution in [0.1, 0.15) is 73.8 Å². The molecule has 1 saturated heterocycles. The van der Waals surface area contributed by atoms with Crippen LogP contribution in [0, 0.1) is 11.3 Å². The Morgan fingerprint density at radius 3 is 2.00 bits per heavy atom. The number of allylic oxidation sites excluding steroid dienone is 2. The van der Waals surface area contributed by atoms with Gasteiger partial charge in [-0.15, -0.1) is 6.58 Å². The van der Waals surface area contributed by atoms with E-state index in [9.17, 15) is 9.59 Å². The number of hydrogen-bond donors (Lipinski definition) is 0. The topological polar surface area (TPSA) is 55.8 Å². The van der Waals surface area contributed by atoms with Crippen molar-refractivity contribution in [2.75, 3.05) is 0 Å². The fraction of sp³-hybridized carbons (Fsp3) is 0.517. The molecule has 0 N–H and O–H groups in total. The average molecular weight is 475 g/mol. The van der Waals surface area contributed by atoms with Crippen molar-refractivity contribution in [3.05, 3.63) is 65.8 Å². The summed E-state index contributed by atoms with van der Waals surface area (Å²) in [6.07, 6.45) is 6.87. The van der Waals surface area contributed by atoms with E-state index in [1.807, 2.05) is 71.0 Å². The number of amides is 2. The van der Waals surface area contributed by atoms with Crippen molar-refractivity contribution in [2.24, 2.45) is 11.3 Å². The Bertz CT molecular complexity index is 1100. The number of hydrogen-bond acceptors (Lipinski definition) is 4. The van der Waals surface area contributed by atoms with Gasteiger partial charge in [0, 0.05) is 11.1 Å². The number of benzene rings is 1. The number of nitrogens with zero attached hydrogens (tertiary/aromatic N) is 1. The molecular formula is C29H38BNO4. The summed E-state index contributed by atoms with van der Waals surface area (Å²) >= 11 is 0. The molecule has 0 spiro atoms. The Morgan fingerprint density at radius 2 is 1.54 bits per heavy atom. The van der Waals surface area contributed by atoms with Gasteiger partial charge in [0.25, 0.3) is 11.8 Å². The lowest BCUT2D eigenvalue weighted by Gasteiger charge is -2.60. The third kappa shape index (κ3) is 3.68. The number of carbonyl (C=O) groups is 2. The van der Waals surface area contributed by atoms with Crippen LogP contribution in [0.15, 0.2) is 60.2 Å². The second kappa shape index (κ2) is 8.31. The van der Waals surface area contributed by atoms with Gasteiger partial charge in [-0.2, -0.15) is 0 Å². The summed E-state index contributed by atoms with van der Waals surface area (Å²) in [4.78, 5) is 28.5. The summed E-state index contributed by atoms with van der Waals surface area (Å²) < 4.78 is 12.4. The summed E-state index contributed by atoms with van der Waals surface area (Å²) in [6, 6.07) is 8.05. The van der Waals surface area contributed by atoms with Crippen molar-refractivity contribution in [3.8, 4) is 0 Å². The first-order valence-electron chi connectivity index (χ1n) is 12.6. The smallest absolute Gasteiger partial charge is 0.399 e. The fourth-order valence-corrected chi connectivity index (χ4v) is 5.65. The molecule has 1 aromatic carbocycles. The predicted molar refractivity (Wildman–Crippen MR) is 140 cm³/mol. The minimum Gasteiger partial charge on any atom is -0.399 e. The van der Waals surface area contributed by atoms with Crippen LogP contribution in [-0.2, 0) is 24.4 Å². The van der Waals surface area contributed by atoms with Gasteiger partial charge in [-0.1, -0.05) is 56.3 Å². The highest BCUT2D eigenvalue weighted by molar-refractivity contribution is 6.62. The summed E-state index contributed by atoms with van der Waals surface area (Å²) in [5, 5.41) is 0. The van der Waals surface area contributed by atoms with Gasteiger partial charge >= 0.3 is 7.12 Å². The average Bonchev–Trinajstić information content (AvgIpc) is 3.11. The largest absolute Gasteiger partial charge is 0.494 e. The summed E-state index contributed by atoms with van der Waals surface area (Å²) in [5.74, 6) is -0.0874.